The average Bonchev–Trinajstić information content (AvgIpc) is 2.61. The van der Waals surface area contributed by atoms with Crippen LogP contribution in [0, 0.1) is 13.8 Å². The summed E-state index contributed by atoms with van der Waals surface area (Å²) in [7, 11) is 0. The van der Waals surface area contributed by atoms with Gasteiger partial charge in [-0.1, -0.05) is 47.5 Å². The normalized spacial score (nSPS) is 10.6. The third-order valence-electron chi connectivity index (χ3n) is 4.13. The summed E-state index contributed by atoms with van der Waals surface area (Å²) in [5, 5.41) is 2.68. The van der Waals surface area contributed by atoms with E-state index in [2.05, 4.69) is 11.4 Å². The Kier molecular flexibility index (Phi) is 5.35. The molecule has 0 saturated heterocycles. The zero-order valence-electron chi connectivity index (χ0n) is 15.3. The number of hydrogen-bond acceptors (Lipinski definition) is 3. The number of amides is 1. The Bertz CT molecular complexity index is 1060. The standard InChI is InChI=1S/C21H21N3O3/c1-15-10-16(2)12-17(11-15)13-23-9-8-20(26)24(21(23)27)14-19(25)22-18-6-4-3-5-7-18/h3-12H,13-14H2,1-2H3,(H,22,25). The highest BCUT2D eigenvalue weighted by atomic mass is 16.2. The fourth-order valence-electron chi connectivity index (χ4n) is 3.05. The lowest BCUT2D eigenvalue weighted by molar-refractivity contribution is -0.116. The zero-order valence-corrected chi connectivity index (χ0v) is 15.3. The predicted molar refractivity (Wildman–Crippen MR) is 105 cm³/mol. The molecule has 0 unspecified atom stereocenters. The van der Waals surface area contributed by atoms with E-state index in [1.54, 1.807) is 24.3 Å². The van der Waals surface area contributed by atoms with Crippen molar-refractivity contribution in [2.75, 3.05) is 5.32 Å². The maximum Gasteiger partial charge on any atom is 0.331 e. The van der Waals surface area contributed by atoms with E-state index in [1.165, 1.54) is 16.8 Å². The van der Waals surface area contributed by atoms with Crippen LogP contribution < -0.4 is 16.6 Å². The Morgan fingerprint density at radius 3 is 2.30 bits per heavy atom. The molecule has 1 heterocycles. The van der Waals surface area contributed by atoms with Crippen molar-refractivity contribution < 1.29 is 4.79 Å². The smallest absolute Gasteiger partial charge is 0.325 e. The number of aromatic nitrogens is 2. The van der Waals surface area contributed by atoms with Gasteiger partial charge in [-0.15, -0.1) is 0 Å². The van der Waals surface area contributed by atoms with Crippen molar-refractivity contribution in [3.8, 4) is 0 Å². The molecule has 3 aromatic rings. The number of carbonyl (C=O) groups excluding carboxylic acids is 1. The van der Waals surface area contributed by atoms with Gasteiger partial charge >= 0.3 is 5.69 Å². The Morgan fingerprint density at radius 2 is 1.63 bits per heavy atom. The molecule has 138 valence electrons. The lowest BCUT2D eigenvalue weighted by Crippen LogP contribution is -2.41. The van der Waals surface area contributed by atoms with Gasteiger partial charge in [0.05, 0.1) is 6.54 Å². The Morgan fingerprint density at radius 1 is 0.963 bits per heavy atom. The van der Waals surface area contributed by atoms with E-state index in [1.807, 2.05) is 32.0 Å². The predicted octanol–water partition coefficient (Wildman–Crippen LogP) is 2.31. The molecule has 6 nitrogen and oxygen atoms in total. The summed E-state index contributed by atoms with van der Waals surface area (Å²) in [6.07, 6.45) is 1.47. The molecule has 2 aromatic carbocycles. The summed E-state index contributed by atoms with van der Waals surface area (Å²) in [6, 6.07) is 16.3. The lowest BCUT2D eigenvalue weighted by Gasteiger charge is -2.11. The molecule has 6 heteroatoms. The van der Waals surface area contributed by atoms with Gasteiger partial charge in [-0.2, -0.15) is 0 Å². The van der Waals surface area contributed by atoms with Crippen molar-refractivity contribution in [1.82, 2.24) is 9.13 Å². The Hall–Kier alpha value is -3.41. The maximum absolute atomic E-state index is 12.7. The summed E-state index contributed by atoms with van der Waals surface area (Å²) in [4.78, 5) is 37.0. The van der Waals surface area contributed by atoms with E-state index >= 15 is 0 Å². The van der Waals surface area contributed by atoms with Gasteiger partial charge in [-0.05, 0) is 31.5 Å². The van der Waals surface area contributed by atoms with E-state index < -0.39 is 17.2 Å². The molecule has 1 aromatic heterocycles. The molecule has 3 rings (SSSR count). The molecular weight excluding hydrogens is 342 g/mol. The highest BCUT2D eigenvalue weighted by Gasteiger charge is 2.11. The van der Waals surface area contributed by atoms with Gasteiger partial charge in [0.1, 0.15) is 6.54 Å². The fraction of sp³-hybridized carbons (Fsp3) is 0.190. The van der Waals surface area contributed by atoms with Gasteiger partial charge in [0.2, 0.25) is 5.91 Å². The minimum Gasteiger partial charge on any atom is -0.325 e. The molecule has 0 fully saturated rings. The highest BCUT2D eigenvalue weighted by molar-refractivity contribution is 5.90. The number of benzene rings is 2. The van der Waals surface area contributed by atoms with E-state index in [-0.39, 0.29) is 6.54 Å². The first kappa shape index (κ1) is 18.4. The summed E-state index contributed by atoms with van der Waals surface area (Å²) < 4.78 is 2.38. The molecule has 0 aliphatic rings. The maximum atomic E-state index is 12.7. The van der Waals surface area contributed by atoms with Crippen LogP contribution in [0.1, 0.15) is 16.7 Å². The molecule has 1 amide bonds. The lowest BCUT2D eigenvalue weighted by atomic mass is 10.1. The molecule has 0 aliphatic heterocycles. The Balaban J connectivity index is 1.84. The van der Waals surface area contributed by atoms with Crippen LogP contribution in [0.5, 0.6) is 0 Å². The third kappa shape index (κ3) is 4.61. The second kappa shape index (κ2) is 7.86. The van der Waals surface area contributed by atoms with Gasteiger partial charge in [-0.25, -0.2) is 4.79 Å². The first-order chi connectivity index (χ1) is 12.9. The van der Waals surface area contributed by atoms with Crippen LogP contribution in [-0.4, -0.2) is 15.0 Å². The first-order valence-electron chi connectivity index (χ1n) is 8.65. The van der Waals surface area contributed by atoms with Crippen LogP contribution in [0.3, 0.4) is 0 Å². The van der Waals surface area contributed by atoms with Crippen LogP contribution in [0.4, 0.5) is 5.69 Å². The minimum atomic E-state index is -0.509. The molecule has 0 saturated carbocycles. The number of anilines is 1. The van der Waals surface area contributed by atoms with Crippen molar-refractivity contribution in [1.29, 1.82) is 0 Å². The van der Waals surface area contributed by atoms with Crippen LogP contribution in [0.2, 0.25) is 0 Å². The molecular formula is C21H21N3O3. The molecule has 0 atom stereocenters. The second-order valence-corrected chi connectivity index (χ2v) is 6.56. The SMILES string of the molecule is Cc1cc(C)cc(Cn2ccc(=O)n(CC(=O)Nc3ccccc3)c2=O)c1. The number of carbonyl (C=O) groups is 1. The van der Waals surface area contributed by atoms with Crippen LogP contribution in [-0.2, 0) is 17.9 Å². The number of hydrogen-bond donors (Lipinski definition) is 1. The molecule has 0 bridgehead atoms. The van der Waals surface area contributed by atoms with E-state index in [9.17, 15) is 14.4 Å². The number of rotatable bonds is 5. The van der Waals surface area contributed by atoms with Crippen molar-refractivity contribution >= 4 is 11.6 Å². The monoisotopic (exact) mass is 363 g/mol. The van der Waals surface area contributed by atoms with Crippen molar-refractivity contribution in [3.63, 3.8) is 0 Å². The quantitative estimate of drug-likeness (QED) is 0.756. The van der Waals surface area contributed by atoms with Gasteiger partial charge in [0.25, 0.3) is 5.56 Å². The molecule has 27 heavy (non-hydrogen) atoms. The van der Waals surface area contributed by atoms with Crippen LogP contribution >= 0.6 is 0 Å². The van der Waals surface area contributed by atoms with Gasteiger partial charge in [0.15, 0.2) is 0 Å². The number of aryl methyl sites for hydroxylation is 2. The topological polar surface area (TPSA) is 73.1 Å². The van der Waals surface area contributed by atoms with Gasteiger partial charge in [-0.3, -0.25) is 18.7 Å². The zero-order chi connectivity index (χ0) is 19.4. The van der Waals surface area contributed by atoms with Gasteiger partial charge in [0, 0.05) is 18.0 Å². The molecule has 1 N–H and O–H groups in total. The van der Waals surface area contributed by atoms with Crippen LogP contribution in [0.25, 0.3) is 0 Å². The largest absolute Gasteiger partial charge is 0.331 e. The summed E-state index contributed by atoms with van der Waals surface area (Å²) in [5.74, 6) is -0.426. The molecule has 0 spiro atoms. The van der Waals surface area contributed by atoms with Crippen molar-refractivity contribution in [2.24, 2.45) is 0 Å². The molecule has 0 aliphatic carbocycles. The van der Waals surface area contributed by atoms with Gasteiger partial charge < -0.3 is 5.32 Å². The summed E-state index contributed by atoms with van der Waals surface area (Å²) in [6.45, 7) is 3.99. The number of nitrogens with zero attached hydrogens (tertiary/aromatic N) is 2. The van der Waals surface area contributed by atoms with Crippen LogP contribution in [0.15, 0.2) is 70.4 Å². The summed E-state index contributed by atoms with van der Waals surface area (Å²) >= 11 is 0. The molecule has 0 radical (unpaired) electrons. The van der Waals surface area contributed by atoms with Crippen molar-refractivity contribution in [3.05, 3.63) is 98.3 Å². The first-order valence-corrected chi connectivity index (χ1v) is 8.65. The minimum absolute atomic E-state index is 0.333. The van der Waals surface area contributed by atoms with Crippen molar-refractivity contribution in [2.45, 2.75) is 26.9 Å². The number of para-hydroxylation sites is 1. The van der Waals surface area contributed by atoms with E-state index in [4.69, 9.17) is 0 Å². The summed E-state index contributed by atoms with van der Waals surface area (Å²) in [5.41, 5.74) is 2.78. The fourth-order valence-corrected chi connectivity index (χ4v) is 3.05. The second-order valence-electron chi connectivity index (χ2n) is 6.56. The average molecular weight is 363 g/mol. The highest BCUT2D eigenvalue weighted by Crippen LogP contribution is 2.09. The van der Waals surface area contributed by atoms with E-state index in [0.717, 1.165) is 21.3 Å². The van der Waals surface area contributed by atoms with E-state index in [0.29, 0.717) is 12.2 Å². The Labute approximate surface area is 156 Å². The number of nitrogens with one attached hydrogen (secondary N) is 1. The third-order valence-corrected chi connectivity index (χ3v) is 4.13.